The maximum Gasteiger partial charge on any atom is 0.0789 e. The Hall–Kier alpha value is -0.440. The summed E-state index contributed by atoms with van der Waals surface area (Å²) in [6, 6.07) is 5.15. The van der Waals surface area contributed by atoms with Gasteiger partial charge in [0.1, 0.15) is 0 Å². The molecule has 0 aliphatic carbocycles. The second-order valence-corrected chi connectivity index (χ2v) is 4.93. The number of halogens is 2. The van der Waals surface area contributed by atoms with Crippen LogP contribution in [0.15, 0.2) is 18.2 Å². The highest BCUT2D eigenvalue weighted by Gasteiger charge is 2.23. The summed E-state index contributed by atoms with van der Waals surface area (Å²) in [5.74, 6) is 0. The van der Waals surface area contributed by atoms with Crippen LogP contribution in [0.4, 0.5) is 5.69 Å². The molecule has 0 spiro atoms. The fraction of sp³-hybridized carbons (Fsp3) is 0.455. The van der Waals surface area contributed by atoms with Crippen molar-refractivity contribution in [1.29, 1.82) is 0 Å². The van der Waals surface area contributed by atoms with E-state index in [1.807, 2.05) is 6.92 Å². The number of rotatable bonds is 3. The minimum atomic E-state index is -0.831. The van der Waals surface area contributed by atoms with E-state index in [-0.39, 0.29) is 6.04 Å². The van der Waals surface area contributed by atoms with Crippen molar-refractivity contribution >= 4 is 28.9 Å². The van der Waals surface area contributed by atoms with Gasteiger partial charge in [-0.05, 0) is 32.9 Å². The molecule has 0 saturated heterocycles. The van der Waals surface area contributed by atoms with E-state index in [2.05, 4.69) is 5.32 Å². The summed E-state index contributed by atoms with van der Waals surface area (Å²) in [6.07, 6.45) is 0. The maximum atomic E-state index is 9.78. The molecule has 84 valence electrons. The smallest absolute Gasteiger partial charge is 0.0789 e. The van der Waals surface area contributed by atoms with Crippen LogP contribution in [-0.4, -0.2) is 16.7 Å². The third-order valence-electron chi connectivity index (χ3n) is 2.38. The Morgan fingerprint density at radius 2 is 1.73 bits per heavy atom. The Morgan fingerprint density at radius 1 is 1.27 bits per heavy atom. The lowest BCUT2D eigenvalue weighted by Crippen LogP contribution is -2.39. The van der Waals surface area contributed by atoms with E-state index in [0.29, 0.717) is 15.7 Å². The molecule has 1 rings (SSSR count). The molecule has 15 heavy (non-hydrogen) atoms. The second-order valence-electron chi connectivity index (χ2n) is 4.12. The van der Waals surface area contributed by atoms with Gasteiger partial charge < -0.3 is 10.4 Å². The zero-order valence-corrected chi connectivity index (χ0v) is 10.5. The first-order chi connectivity index (χ1) is 6.82. The minimum Gasteiger partial charge on any atom is -0.388 e. The summed E-state index contributed by atoms with van der Waals surface area (Å²) in [6.45, 7) is 5.34. The van der Waals surface area contributed by atoms with E-state index in [4.69, 9.17) is 23.2 Å². The van der Waals surface area contributed by atoms with Crippen molar-refractivity contribution in [3.8, 4) is 0 Å². The summed E-state index contributed by atoms with van der Waals surface area (Å²) in [5.41, 5.74) is -0.168. The summed E-state index contributed by atoms with van der Waals surface area (Å²) in [4.78, 5) is 0. The Bertz CT molecular complexity index is 327. The fourth-order valence-corrected chi connectivity index (χ4v) is 1.54. The average Bonchev–Trinajstić information content (AvgIpc) is 2.09. The molecule has 0 amide bonds. The fourth-order valence-electron chi connectivity index (χ4n) is 1.03. The number of benzene rings is 1. The van der Waals surface area contributed by atoms with Crippen molar-refractivity contribution in [1.82, 2.24) is 0 Å². The van der Waals surface area contributed by atoms with Gasteiger partial charge in [-0.1, -0.05) is 29.3 Å². The first kappa shape index (κ1) is 12.6. The first-order valence-corrected chi connectivity index (χ1v) is 5.51. The van der Waals surface area contributed by atoms with Crippen LogP contribution in [0.2, 0.25) is 10.0 Å². The molecule has 0 radical (unpaired) electrons. The minimum absolute atomic E-state index is 0.144. The lowest BCUT2D eigenvalue weighted by molar-refractivity contribution is 0.0649. The Morgan fingerprint density at radius 3 is 2.13 bits per heavy atom. The van der Waals surface area contributed by atoms with Crippen molar-refractivity contribution in [3.05, 3.63) is 28.2 Å². The molecule has 0 aliphatic rings. The standard InChI is InChI=1S/C11H15Cl2NO/c1-7(11(2,3)15)14-10-8(12)5-4-6-9(10)13/h4-7,14-15H,1-3H3. The largest absolute Gasteiger partial charge is 0.388 e. The van der Waals surface area contributed by atoms with Crippen molar-refractivity contribution in [3.63, 3.8) is 0 Å². The topological polar surface area (TPSA) is 32.3 Å². The molecule has 0 aliphatic heterocycles. The van der Waals surface area contributed by atoms with Crippen molar-refractivity contribution in [2.24, 2.45) is 0 Å². The van der Waals surface area contributed by atoms with Gasteiger partial charge >= 0.3 is 0 Å². The van der Waals surface area contributed by atoms with Gasteiger partial charge in [-0.2, -0.15) is 0 Å². The van der Waals surface area contributed by atoms with Gasteiger partial charge in [0.15, 0.2) is 0 Å². The SMILES string of the molecule is CC(Nc1c(Cl)cccc1Cl)C(C)(C)O. The molecule has 0 heterocycles. The molecule has 1 aromatic carbocycles. The van der Waals surface area contributed by atoms with Gasteiger partial charge in [0, 0.05) is 0 Å². The monoisotopic (exact) mass is 247 g/mol. The van der Waals surface area contributed by atoms with E-state index in [1.165, 1.54) is 0 Å². The Kier molecular flexibility index (Phi) is 3.87. The number of hydrogen-bond donors (Lipinski definition) is 2. The van der Waals surface area contributed by atoms with Crippen LogP contribution in [0.25, 0.3) is 0 Å². The number of nitrogens with one attached hydrogen (secondary N) is 1. The predicted octanol–water partition coefficient (Wildman–Crippen LogP) is 3.56. The summed E-state index contributed by atoms with van der Waals surface area (Å²) in [7, 11) is 0. The van der Waals surface area contributed by atoms with Crippen molar-refractivity contribution < 1.29 is 5.11 Å². The van der Waals surface area contributed by atoms with Crippen LogP contribution in [0.3, 0.4) is 0 Å². The third kappa shape index (κ3) is 3.26. The highest BCUT2D eigenvalue weighted by molar-refractivity contribution is 6.39. The zero-order valence-electron chi connectivity index (χ0n) is 9.01. The van der Waals surface area contributed by atoms with E-state index in [0.717, 1.165) is 0 Å². The average molecular weight is 248 g/mol. The third-order valence-corrected chi connectivity index (χ3v) is 3.01. The van der Waals surface area contributed by atoms with Crippen LogP contribution < -0.4 is 5.32 Å². The molecule has 0 saturated carbocycles. The van der Waals surface area contributed by atoms with Gasteiger partial charge in [0.05, 0.1) is 27.4 Å². The summed E-state index contributed by atoms with van der Waals surface area (Å²) < 4.78 is 0. The Labute approximate surface area is 100 Å². The van der Waals surface area contributed by atoms with Gasteiger partial charge in [0.25, 0.3) is 0 Å². The Balaban J connectivity index is 2.90. The van der Waals surface area contributed by atoms with Crippen LogP contribution in [0.1, 0.15) is 20.8 Å². The quantitative estimate of drug-likeness (QED) is 0.857. The molecular weight excluding hydrogens is 233 g/mol. The van der Waals surface area contributed by atoms with E-state index in [1.54, 1.807) is 32.0 Å². The van der Waals surface area contributed by atoms with Crippen LogP contribution in [0.5, 0.6) is 0 Å². The highest BCUT2D eigenvalue weighted by atomic mass is 35.5. The van der Waals surface area contributed by atoms with Gasteiger partial charge in [-0.25, -0.2) is 0 Å². The van der Waals surface area contributed by atoms with Crippen molar-refractivity contribution in [2.45, 2.75) is 32.4 Å². The normalized spacial score (nSPS) is 13.7. The number of hydrogen-bond acceptors (Lipinski definition) is 2. The molecule has 1 unspecified atom stereocenters. The van der Waals surface area contributed by atoms with Crippen LogP contribution in [-0.2, 0) is 0 Å². The number of aliphatic hydroxyl groups is 1. The summed E-state index contributed by atoms with van der Waals surface area (Å²) >= 11 is 12.0. The zero-order chi connectivity index (χ0) is 11.6. The van der Waals surface area contributed by atoms with E-state index < -0.39 is 5.60 Å². The number of anilines is 1. The molecule has 0 fully saturated rings. The van der Waals surface area contributed by atoms with Gasteiger partial charge in [0.2, 0.25) is 0 Å². The molecule has 2 N–H and O–H groups in total. The second kappa shape index (κ2) is 4.60. The van der Waals surface area contributed by atoms with Gasteiger partial charge in [-0.3, -0.25) is 0 Å². The van der Waals surface area contributed by atoms with Crippen LogP contribution in [0, 0.1) is 0 Å². The lowest BCUT2D eigenvalue weighted by Gasteiger charge is -2.28. The van der Waals surface area contributed by atoms with E-state index >= 15 is 0 Å². The van der Waals surface area contributed by atoms with E-state index in [9.17, 15) is 5.11 Å². The predicted molar refractivity (Wildman–Crippen MR) is 65.8 cm³/mol. The molecule has 4 heteroatoms. The maximum absolute atomic E-state index is 9.78. The first-order valence-electron chi connectivity index (χ1n) is 4.75. The number of para-hydroxylation sites is 1. The van der Waals surface area contributed by atoms with Crippen LogP contribution >= 0.6 is 23.2 Å². The summed E-state index contributed by atoms with van der Waals surface area (Å²) in [5, 5.41) is 14.0. The lowest BCUT2D eigenvalue weighted by atomic mass is 10.0. The van der Waals surface area contributed by atoms with Crippen molar-refractivity contribution in [2.75, 3.05) is 5.32 Å². The molecule has 1 atom stereocenters. The molecule has 0 bridgehead atoms. The molecule has 2 nitrogen and oxygen atoms in total. The molecule has 1 aromatic rings. The molecule has 0 aromatic heterocycles. The molecular formula is C11H15Cl2NO. The van der Waals surface area contributed by atoms with Gasteiger partial charge in [-0.15, -0.1) is 0 Å². The highest BCUT2D eigenvalue weighted by Crippen LogP contribution is 2.31.